The Morgan fingerprint density at radius 3 is 1.31 bits per heavy atom. The van der Waals surface area contributed by atoms with Crippen LogP contribution in [0.5, 0.6) is 11.5 Å². The highest BCUT2D eigenvalue weighted by Crippen LogP contribution is 2.14. The van der Waals surface area contributed by atoms with Crippen LogP contribution in [0.15, 0.2) is 48.5 Å². The summed E-state index contributed by atoms with van der Waals surface area (Å²) in [6.45, 7) is 4.85. The number of esters is 2. The van der Waals surface area contributed by atoms with Crippen molar-refractivity contribution in [3.8, 4) is 11.5 Å². The zero-order chi connectivity index (χ0) is 18.8. The summed E-state index contributed by atoms with van der Waals surface area (Å²) in [7, 11) is 0. The van der Waals surface area contributed by atoms with Gasteiger partial charge in [-0.15, -0.1) is 0 Å². The van der Waals surface area contributed by atoms with Gasteiger partial charge in [-0.25, -0.2) is 9.59 Å². The highest BCUT2D eigenvalue weighted by Gasteiger charge is 2.10. The van der Waals surface area contributed by atoms with E-state index in [2.05, 4.69) is 0 Å². The molecule has 0 spiro atoms. The fraction of sp³-hybridized carbons (Fsp3) is 0.300. The molecule has 138 valence electrons. The van der Waals surface area contributed by atoms with Gasteiger partial charge < -0.3 is 18.9 Å². The van der Waals surface area contributed by atoms with Crippen LogP contribution in [-0.2, 0) is 9.47 Å². The monoisotopic (exact) mass is 358 g/mol. The smallest absolute Gasteiger partial charge is 0.338 e. The molecule has 0 unspecified atom stereocenters. The van der Waals surface area contributed by atoms with Crippen molar-refractivity contribution in [3.63, 3.8) is 0 Å². The summed E-state index contributed by atoms with van der Waals surface area (Å²) < 4.78 is 20.8. The van der Waals surface area contributed by atoms with Gasteiger partial charge in [-0.05, 0) is 62.4 Å². The minimum absolute atomic E-state index is 0.0190. The van der Waals surface area contributed by atoms with E-state index in [1.165, 1.54) is 0 Å². The Hall–Kier alpha value is -3.02. The Kier molecular flexibility index (Phi) is 7.49. The summed E-state index contributed by atoms with van der Waals surface area (Å²) in [5.74, 6) is 0.414. The topological polar surface area (TPSA) is 71.1 Å². The van der Waals surface area contributed by atoms with Gasteiger partial charge >= 0.3 is 11.9 Å². The maximum absolute atomic E-state index is 11.9. The van der Waals surface area contributed by atoms with Gasteiger partial charge in [0.2, 0.25) is 0 Å². The summed E-state index contributed by atoms with van der Waals surface area (Å²) in [6.07, 6.45) is 0. The van der Waals surface area contributed by atoms with Crippen molar-refractivity contribution in [2.75, 3.05) is 26.4 Å². The first-order chi connectivity index (χ1) is 12.6. The van der Waals surface area contributed by atoms with Gasteiger partial charge in [0.05, 0.1) is 24.3 Å². The highest BCUT2D eigenvalue weighted by molar-refractivity contribution is 5.90. The second kappa shape index (κ2) is 10.1. The van der Waals surface area contributed by atoms with Gasteiger partial charge in [-0.3, -0.25) is 0 Å². The third-order valence-corrected chi connectivity index (χ3v) is 3.35. The summed E-state index contributed by atoms with van der Waals surface area (Å²) in [5, 5.41) is 0. The summed E-state index contributed by atoms with van der Waals surface area (Å²) >= 11 is 0. The van der Waals surface area contributed by atoms with Crippen LogP contribution in [0.3, 0.4) is 0 Å². The van der Waals surface area contributed by atoms with E-state index in [0.29, 0.717) is 35.8 Å². The zero-order valence-corrected chi connectivity index (χ0v) is 14.9. The molecule has 0 radical (unpaired) electrons. The lowest BCUT2D eigenvalue weighted by molar-refractivity contribution is 0.0265. The van der Waals surface area contributed by atoms with Crippen molar-refractivity contribution in [1.29, 1.82) is 0 Å². The fourth-order valence-corrected chi connectivity index (χ4v) is 2.14. The second-order valence-corrected chi connectivity index (χ2v) is 5.19. The molecule has 2 aromatic rings. The molecule has 0 heterocycles. The number of ether oxygens (including phenoxy) is 4. The Balaban J connectivity index is 1.73. The molecule has 0 saturated carbocycles. The van der Waals surface area contributed by atoms with Crippen molar-refractivity contribution >= 4 is 11.9 Å². The van der Waals surface area contributed by atoms with E-state index in [-0.39, 0.29) is 13.2 Å². The molecule has 6 nitrogen and oxygen atoms in total. The number of hydrogen-bond donors (Lipinski definition) is 0. The first-order valence-corrected chi connectivity index (χ1v) is 8.44. The molecule has 26 heavy (non-hydrogen) atoms. The second-order valence-electron chi connectivity index (χ2n) is 5.19. The van der Waals surface area contributed by atoms with Crippen LogP contribution in [0.1, 0.15) is 34.6 Å². The molecular weight excluding hydrogens is 336 g/mol. The SMILES string of the molecule is CCOc1ccc(C(=O)OCCOC(=O)c2ccc(OCC)cc2)cc1. The van der Waals surface area contributed by atoms with E-state index in [1.54, 1.807) is 48.5 Å². The van der Waals surface area contributed by atoms with E-state index in [0.717, 1.165) is 0 Å². The number of carbonyl (C=O) groups excluding carboxylic acids is 2. The van der Waals surface area contributed by atoms with Gasteiger partial charge in [0.25, 0.3) is 0 Å². The van der Waals surface area contributed by atoms with E-state index in [9.17, 15) is 9.59 Å². The number of rotatable bonds is 9. The lowest BCUT2D eigenvalue weighted by Crippen LogP contribution is -2.14. The quantitative estimate of drug-likeness (QED) is 0.505. The van der Waals surface area contributed by atoms with Crippen LogP contribution in [-0.4, -0.2) is 38.4 Å². The molecule has 0 fully saturated rings. The van der Waals surface area contributed by atoms with E-state index in [1.807, 2.05) is 13.8 Å². The molecule has 0 amide bonds. The molecule has 0 atom stereocenters. The molecule has 0 bridgehead atoms. The molecule has 2 aromatic carbocycles. The van der Waals surface area contributed by atoms with Gasteiger partial charge in [0.1, 0.15) is 24.7 Å². The molecule has 0 aliphatic carbocycles. The predicted octanol–water partition coefficient (Wildman–Crippen LogP) is 3.50. The first kappa shape index (κ1) is 19.3. The average molecular weight is 358 g/mol. The van der Waals surface area contributed by atoms with Gasteiger partial charge in [-0.1, -0.05) is 0 Å². The lowest BCUT2D eigenvalue weighted by Gasteiger charge is -2.08. The molecule has 0 aliphatic heterocycles. The van der Waals surface area contributed by atoms with Crippen LogP contribution < -0.4 is 9.47 Å². The third kappa shape index (κ3) is 5.81. The van der Waals surface area contributed by atoms with Crippen molar-refractivity contribution < 1.29 is 28.5 Å². The molecule has 0 saturated heterocycles. The molecule has 2 rings (SSSR count). The van der Waals surface area contributed by atoms with Crippen LogP contribution in [0, 0.1) is 0 Å². The fourth-order valence-electron chi connectivity index (χ4n) is 2.14. The van der Waals surface area contributed by atoms with Gasteiger partial charge in [0, 0.05) is 0 Å². The van der Waals surface area contributed by atoms with Crippen LogP contribution in [0.25, 0.3) is 0 Å². The Morgan fingerprint density at radius 2 is 1.00 bits per heavy atom. The Morgan fingerprint density at radius 1 is 0.654 bits per heavy atom. The number of benzene rings is 2. The van der Waals surface area contributed by atoms with Crippen LogP contribution in [0.4, 0.5) is 0 Å². The molecule has 0 N–H and O–H groups in total. The van der Waals surface area contributed by atoms with E-state index < -0.39 is 11.9 Å². The average Bonchev–Trinajstić information content (AvgIpc) is 2.66. The summed E-state index contributed by atoms with van der Waals surface area (Å²) in [6, 6.07) is 13.3. The van der Waals surface area contributed by atoms with Crippen LogP contribution in [0.2, 0.25) is 0 Å². The Labute approximate surface area is 152 Å². The lowest BCUT2D eigenvalue weighted by atomic mass is 10.2. The zero-order valence-electron chi connectivity index (χ0n) is 14.9. The minimum atomic E-state index is -0.481. The first-order valence-electron chi connectivity index (χ1n) is 8.44. The normalized spacial score (nSPS) is 10.1. The Bertz CT molecular complexity index is 643. The molecule has 6 heteroatoms. The van der Waals surface area contributed by atoms with Gasteiger partial charge in [-0.2, -0.15) is 0 Å². The number of carbonyl (C=O) groups is 2. The molecular formula is C20H22O6. The van der Waals surface area contributed by atoms with Crippen molar-refractivity contribution in [2.24, 2.45) is 0 Å². The maximum Gasteiger partial charge on any atom is 0.338 e. The minimum Gasteiger partial charge on any atom is -0.494 e. The highest BCUT2D eigenvalue weighted by atomic mass is 16.6. The third-order valence-electron chi connectivity index (χ3n) is 3.35. The van der Waals surface area contributed by atoms with Crippen molar-refractivity contribution in [1.82, 2.24) is 0 Å². The predicted molar refractivity (Wildman–Crippen MR) is 95.8 cm³/mol. The van der Waals surface area contributed by atoms with Crippen molar-refractivity contribution in [3.05, 3.63) is 59.7 Å². The largest absolute Gasteiger partial charge is 0.494 e. The van der Waals surface area contributed by atoms with E-state index in [4.69, 9.17) is 18.9 Å². The standard InChI is InChI=1S/C20H22O6/c1-3-23-17-9-5-15(6-10-17)19(21)25-13-14-26-20(22)16-7-11-18(12-8-16)24-4-2/h5-12H,3-4,13-14H2,1-2H3. The van der Waals surface area contributed by atoms with Crippen LogP contribution >= 0.6 is 0 Å². The summed E-state index contributed by atoms with van der Waals surface area (Å²) in [4.78, 5) is 23.8. The van der Waals surface area contributed by atoms with E-state index >= 15 is 0 Å². The van der Waals surface area contributed by atoms with Crippen molar-refractivity contribution in [2.45, 2.75) is 13.8 Å². The number of hydrogen-bond acceptors (Lipinski definition) is 6. The molecule has 0 aromatic heterocycles. The maximum atomic E-state index is 11.9. The molecule has 0 aliphatic rings. The summed E-state index contributed by atoms with van der Waals surface area (Å²) in [5.41, 5.74) is 0.817. The van der Waals surface area contributed by atoms with Gasteiger partial charge in [0.15, 0.2) is 0 Å².